The zero-order valence-corrected chi connectivity index (χ0v) is 8.15. The Hall–Kier alpha value is -1.55. The van der Waals surface area contributed by atoms with Gasteiger partial charge in [-0.3, -0.25) is 0 Å². The Morgan fingerprint density at radius 2 is 2.29 bits per heavy atom. The number of anilines is 1. The molecule has 1 aromatic heterocycles. The van der Waals surface area contributed by atoms with Crippen LogP contribution in [0.1, 0.15) is 5.56 Å². The van der Waals surface area contributed by atoms with E-state index in [1.807, 2.05) is 18.2 Å². The van der Waals surface area contributed by atoms with Crippen LogP contribution < -0.4 is 5.73 Å². The average Bonchev–Trinajstić information content (AvgIpc) is 2.64. The van der Waals surface area contributed by atoms with Crippen molar-refractivity contribution in [3.05, 3.63) is 41.4 Å². The maximum absolute atomic E-state index is 6.00. The number of benzene rings is 1. The molecule has 0 atom stereocenters. The quantitative estimate of drug-likeness (QED) is 0.763. The topological polar surface area (TPSA) is 56.7 Å². The third-order valence-electron chi connectivity index (χ3n) is 1.94. The van der Waals surface area contributed by atoms with E-state index in [9.17, 15) is 0 Å². The van der Waals surface area contributed by atoms with Gasteiger partial charge in [-0.25, -0.2) is 9.67 Å². The molecule has 72 valence electrons. The van der Waals surface area contributed by atoms with Gasteiger partial charge >= 0.3 is 0 Å². The van der Waals surface area contributed by atoms with Crippen molar-refractivity contribution in [2.45, 2.75) is 6.54 Å². The van der Waals surface area contributed by atoms with Gasteiger partial charge in [-0.2, -0.15) is 5.10 Å². The zero-order chi connectivity index (χ0) is 9.97. The van der Waals surface area contributed by atoms with Crippen molar-refractivity contribution in [3.63, 3.8) is 0 Å². The van der Waals surface area contributed by atoms with Crippen molar-refractivity contribution in [1.29, 1.82) is 0 Å². The summed E-state index contributed by atoms with van der Waals surface area (Å²) in [5.74, 6) is 0. The van der Waals surface area contributed by atoms with E-state index in [1.54, 1.807) is 11.0 Å². The first-order valence-corrected chi connectivity index (χ1v) is 4.50. The second-order valence-corrected chi connectivity index (χ2v) is 3.31. The van der Waals surface area contributed by atoms with Crippen molar-refractivity contribution in [2.24, 2.45) is 0 Å². The standard InChI is InChI=1S/C9H9ClN4/c10-8-2-1-3-9(11)7(8)4-14-6-12-5-13-14/h1-3,5-6H,4,11H2. The monoisotopic (exact) mass is 208 g/mol. The molecule has 1 heterocycles. The highest BCUT2D eigenvalue weighted by Gasteiger charge is 2.04. The molecule has 1 aromatic carbocycles. The van der Waals surface area contributed by atoms with E-state index in [1.165, 1.54) is 6.33 Å². The lowest BCUT2D eigenvalue weighted by Gasteiger charge is -2.06. The first-order chi connectivity index (χ1) is 6.77. The van der Waals surface area contributed by atoms with Crippen molar-refractivity contribution < 1.29 is 0 Å². The molecule has 0 saturated carbocycles. The number of halogens is 1. The lowest BCUT2D eigenvalue weighted by Crippen LogP contribution is -2.04. The minimum Gasteiger partial charge on any atom is -0.398 e. The summed E-state index contributed by atoms with van der Waals surface area (Å²) in [7, 11) is 0. The van der Waals surface area contributed by atoms with Gasteiger partial charge < -0.3 is 5.73 Å². The predicted molar refractivity (Wildman–Crippen MR) is 55.0 cm³/mol. The van der Waals surface area contributed by atoms with Gasteiger partial charge in [0.1, 0.15) is 12.7 Å². The molecule has 0 aliphatic rings. The Kier molecular flexibility index (Phi) is 2.37. The highest BCUT2D eigenvalue weighted by molar-refractivity contribution is 6.31. The number of nitrogens with zero attached hydrogens (tertiary/aromatic N) is 3. The fourth-order valence-electron chi connectivity index (χ4n) is 1.22. The number of rotatable bonds is 2. The van der Waals surface area contributed by atoms with Crippen LogP contribution >= 0.6 is 11.6 Å². The third-order valence-corrected chi connectivity index (χ3v) is 2.30. The molecular weight excluding hydrogens is 200 g/mol. The van der Waals surface area contributed by atoms with Gasteiger partial charge in [0.25, 0.3) is 0 Å². The number of nitrogen functional groups attached to an aromatic ring is 1. The first kappa shape index (κ1) is 9.02. The summed E-state index contributed by atoms with van der Waals surface area (Å²) < 4.78 is 1.68. The SMILES string of the molecule is Nc1cccc(Cl)c1Cn1cncn1. The highest BCUT2D eigenvalue weighted by atomic mass is 35.5. The molecule has 2 aromatic rings. The van der Waals surface area contributed by atoms with Crippen LogP contribution in [0.3, 0.4) is 0 Å². The molecule has 0 amide bonds. The molecule has 0 aliphatic heterocycles. The number of aromatic nitrogens is 3. The van der Waals surface area contributed by atoms with Gasteiger partial charge in [-0.1, -0.05) is 17.7 Å². The molecule has 0 aliphatic carbocycles. The maximum atomic E-state index is 6.00. The summed E-state index contributed by atoms with van der Waals surface area (Å²) in [6.07, 6.45) is 3.11. The molecule has 0 saturated heterocycles. The molecule has 2 rings (SSSR count). The average molecular weight is 209 g/mol. The van der Waals surface area contributed by atoms with Crippen LogP contribution in [0.2, 0.25) is 5.02 Å². The van der Waals surface area contributed by atoms with E-state index >= 15 is 0 Å². The van der Waals surface area contributed by atoms with Crippen molar-refractivity contribution in [2.75, 3.05) is 5.73 Å². The molecular formula is C9H9ClN4. The Balaban J connectivity index is 2.33. The molecule has 4 nitrogen and oxygen atoms in total. The second-order valence-electron chi connectivity index (χ2n) is 2.90. The van der Waals surface area contributed by atoms with E-state index < -0.39 is 0 Å². The van der Waals surface area contributed by atoms with Gasteiger partial charge in [0, 0.05) is 16.3 Å². The predicted octanol–water partition coefficient (Wildman–Crippen LogP) is 1.56. The minimum absolute atomic E-state index is 0.547. The van der Waals surface area contributed by atoms with E-state index in [0.29, 0.717) is 17.3 Å². The van der Waals surface area contributed by atoms with Crippen LogP contribution in [0.15, 0.2) is 30.9 Å². The Labute approximate surface area is 86.3 Å². The number of hydrogen-bond donors (Lipinski definition) is 1. The molecule has 14 heavy (non-hydrogen) atoms. The number of hydrogen-bond acceptors (Lipinski definition) is 3. The Bertz CT molecular complexity index is 404. The molecule has 0 bridgehead atoms. The summed E-state index contributed by atoms with van der Waals surface area (Å²) in [6, 6.07) is 5.45. The summed E-state index contributed by atoms with van der Waals surface area (Å²) in [5.41, 5.74) is 7.34. The van der Waals surface area contributed by atoms with E-state index in [2.05, 4.69) is 10.1 Å². The van der Waals surface area contributed by atoms with Gasteiger partial charge in [0.15, 0.2) is 0 Å². The summed E-state index contributed by atoms with van der Waals surface area (Å²) in [5, 5.41) is 4.64. The van der Waals surface area contributed by atoms with Crippen LogP contribution in [-0.4, -0.2) is 14.8 Å². The van der Waals surface area contributed by atoms with Crippen LogP contribution in [0, 0.1) is 0 Å². The largest absolute Gasteiger partial charge is 0.398 e. The molecule has 5 heteroatoms. The second kappa shape index (κ2) is 3.67. The fraction of sp³-hybridized carbons (Fsp3) is 0.111. The summed E-state index contributed by atoms with van der Waals surface area (Å²) >= 11 is 6.00. The van der Waals surface area contributed by atoms with Crippen molar-refractivity contribution in [1.82, 2.24) is 14.8 Å². The van der Waals surface area contributed by atoms with Gasteiger partial charge in [0.2, 0.25) is 0 Å². The Morgan fingerprint density at radius 3 is 2.93 bits per heavy atom. The van der Waals surface area contributed by atoms with Gasteiger partial charge in [-0.15, -0.1) is 0 Å². The molecule has 0 spiro atoms. The van der Waals surface area contributed by atoms with Crippen LogP contribution in [0.25, 0.3) is 0 Å². The first-order valence-electron chi connectivity index (χ1n) is 4.12. The minimum atomic E-state index is 0.547. The maximum Gasteiger partial charge on any atom is 0.137 e. The van der Waals surface area contributed by atoms with Crippen LogP contribution in [0.4, 0.5) is 5.69 Å². The Morgan fingerprint density at radius 1 is 1.43 bits per heavy atom. The fourth-order valence-corrected chi connectivity index (χ4v) is 1.46. The van der Waals surface area contributed by atoms with Crippen LogP contribution in [0.5, 0.6) is 0 Å². The zero-order valence-electron chi connectivity index (χ0n) is 7.39. The van der Waals surface area contributed by atoms with Gasteiger partial charge in [-0.05, 0) is 12.1 Å². The number of nitrogens with two attached hydrogens (primary N) is 1. The summed E-state index contributed by atoms with van der Waals surface area (Å²) in [4.78, 5) is 3.85. The summed E-state index contributed by atoms with van der Waals surface area (Å²) in [6.45, 7) is 0.547. The van der Waals surface area contributed by atoms with E-state index in [0.717, 1.165) is 5.56 Å². The lowest BCUT2D eigenvalue weighted by atomic mass is 10.2. The van der Waals surface area contributed by atoms with E-state index in [-0.39, 0.29) is 0 Å². The molecule has 0 unspecified atom stereocenters. The highest BCUT2D eigenvalue weighted by Crippen LogP contribution is 2.22. The molecule has 0 fully saturated rings. The molecule has 0 radical (unpaired) electrons. The van der Waals surface area contributed by atoms with E-state index in [4.69, 9.17) is 17.3 Å². The van der Waals surface area contributed by atoms with Crippen molar-refractivity contribution in [3.8, 4) is 0 Å². The molecule has 2 N–H and O–H groups in total. The lowest BCUT2D eigenvalue weighted by molar-refractivity contribution is 0.686. The van der Waals surface area contributed by atoms with Gasteiger partial charge in [0.05, 0.1) is 6.54 Å². The third kappa shape index (κ3) is 1.70. The smallest absolute Gasteiger partial charge is 0.137 e. The normalized spacial score (nSPS) is 10.4. The van der Waals surface area contributed by atoms with Crippen LogP contribution in [-0.2, 0) is 6.54 Å². The van der Waals surface area contributed by atoms with Crippen molar-refractivity contribution >= 4 is 17.3 Å².